The van der Waals surface area contributed by atoms with Crippen LogP contribution in [0.1, 0.15) is 17.0 Å². The molecule has 1 aromatic carbocycles. The molecule has 88 valence electrons. The normalized spacial score (nSPS) is 19.1. The molecule has 2 nitrogen and oxygen atoms in total. The van der Waals surface area contributed by atoms with Crippen LogP contribution in [0.15, 0.2) is 28.7 Å². The van der Waals surface area contributed by atoms with Gasteiger partial charge in [-0.25, -0.2) is 4.98 Å². The Balaban J connectivity index is 1.97. The number of hydrogen-bond acceptors (Lipinski definition) is 3. The Morgan fingerprint density at radius 2 is 2.06 bits per heavy atom. The molecule has 0 amide bonds. The molecule has 0 bridgehead atoms. The minimum absolute atomic E-state index is 0.320. The van der Waals surface area contributed by atoms with Gasteiger partial charge in [-0.1, -0.05) is 28.1 Å². The summed E-state index contributed by atoms with van der Waals surface area (Å²) in [6, 6.07) is 8.65. The monoisotopic (exact) mass is 308 g/mol. The van der Waals surface area contributed by atoms with Crippen LogP contribution < -0.4 is 5.73 Å². The van der Waals surface area contributed by atoms with E-state index >= 15 is 0 Å². The van der Waals surface area contributed by atoms with E-state index in [9.17, 15) is 0 Å². The number of hydrogen-bond donors (Lipinski definition) is 1. The highest BCUT2D eigenvalue weighted by Crippen LogP contribution is 2.32. The van der Waals surface area contributed by atoms with E-state index in [1.165, 1.54) is 16.1 Å². The molecule has 1 aliphatic rings. The van der Waals surface area contributed by atoms with Crippen molar-refractivity contribution in [1.82, 2.24) is 4.98 Å². The fourth-order valence-electron chi connectivity index (χ4n) is 2.12. The summed E-state index contributed by atoms with van der Waals surface area (Å²) in [6.45, 7) is 0. The number of nitrogens with two attached hydrogens (primary N) is 1. The maximum atomic E-state index is 5.99. The number of rotatable bonds is 1. The second kappa shape index (κ2) is 4.52. The smallest absolute Gasteiger partial charge is 0.123 e. The minimum atomic E-state index is 0.320. The molecule has 1 heterocycles. The molecular weight excluding hydrogens is 296 g/mol. The lowest BCUT2D eigenvalue weighted by atomic mass is 9.99. The molecule has 2 N–H and O–H groups in total. The van der Waals surface area contributed by atoms with Crippen LogP contribution in [0, 0.1) is 0 Å². The molecule has 1 atom stereocenters. The number of thiazole rings is 1. The van der Waals surface area contributed by atoms with Crippen LogP contribution in [0.25, 0.3) is 10.6 Å². The van der Waals surface area contributed by atoms with Crippen LogP contribution in [0.3, 0.4) is 0 Å². The Hall–Kier alpha value is -0.710. The van der Waals surface area contributed by atoms with Gasteiger partial charge in [0.15, 0.2) is 0 Å². The maximum absolute atomic E-state index is 5.99. The lowest BCUT2D eigenvalue weighted by Crippen LogP contribution is -2.26. The molecule has 1 unspecified atom stereocenters. The van der Waals surface area contributed by atoms with E-state index in [1.807, 2.05) is 0 Å². The summed E-state index contributed by atoms with van der Waals surface area (Å²) in [5.74, 6) is 0. The Morgan fingerprint density at radius 3 is 2.82 bits per heavy atom. The summed E-state index contributed by atoms with van der Waals surface area (Å²) in [6.07, 6.45) is 3.09. The molecule has 17 heavy (non-hydrogen) atoms. The van der Waals surface area contributed by atoms with Gasteiger partial charge < -0.3 is 5.73 Å². The Kier molecular flexibility index (Phi) is 3.03. The van der Waals surface area contributed by atoms with E-state index < -0.39 is 0 Å². The molecule has 0 radical (unpaired) electrons. The molecule has 0 fully saturated rings. The standard InChI is InChI=1S/C13H13BrN2S/c14-9-3-1-8(2-4-9)13-16-11-6-5-10(15)7-12(11)17-13/h1-4,10H,5-7,15H2. The van der Waals surface area contributed by atoms with Crippen LogP contribution in [0.5, 0.6) is 0 Å². The van der Waals surface area contributed by atoms with Crippen molar-refractivity contribution in [2.75, 3.05) is 0 Å². The molecule has 4 heteroatoms. The zero-order valence-corrected chi connectivity index (χ0v) is 11.7. The molecule has 1 aromatic heterocycles. The van der Waals surface area contributed by atoms with Gasteiger partial charge in [0.05, 0.1) is 5.69 Å². The third kappa shape index (κ3) is 2.30. The fourth-order valence-corrected chi connectivity index (χ4v) is 3.59. The Bertz CT molecular complexity index is 533. The first-order valence-electron chi connectivity index (χ1n) is 5.72. The Labute approximate surface area is 113 Å². The molecule has 0 spiro atoms. The number of nitrogens with zero attached hydrogens (tertiary/aromatic N) is 1. The van der Waals surface area contributed by atoms with E-state index in [0.717, 1.165) is 28.7 Å². The van der Waals surface area contributed by atoms with E-state index in [2.05, 4.69) is 40.2 Å². The first kappa shape index (κ1) is 11.4. The van der Waals surface area contributed by atoms with Crippen LogP contribution in [0.4, 0.5) is 0 Å². The molecule has 3 rings (SSSR count). The predicted molar refractivity (Wildman–Crippen MR) is 75.3 cm³/mol. The average Bonchev–Trinajstić information content (AvgIpc) is 2.72. The van der Waals surface area contributed by atoms with Gasteiger partial charge in [-0.2, -0.15) is 0 Å². The highest BCUT2D eigenvalue weighted by Gasteiger charge is 2.20. The molecule has 0 saturated carbocycles. The summed E-state index contributed by atoms with van der Waals surface area (Å²) >= 11 is 5.24. The third-order valence-electron chi connectivity index (χ3n) is 3.07. The number of halogens is 1. The molecule has 0 saturated heterocycles. The van der Waals surface area contributed by atoms with Gasteiger partial charge in [0, 0.05) is 21.0 Å². The van der Waals surface area contributed by atoms with Crippen LogP contribution in [-0.2, 0) is 12.8 Å². The number of aryl methyl sites for hydroxylation is 1. The van der Waals surface area contributed by atoms with Gasteiger partial charge in [-0.15, -0.1) is 11.3 Å². The van der Waals surface area contributed by atoms with Gasteiger partial charge in [0.2, 0.25) is 0 Å². The highest BCUT2D eigenvalue weighted by atomic mass is 79.9. The van der Waals surface area contributed by atoms with E-state index in [0.29, 0.717) is 6.04 Å². The van der Waals surface area contributed by atoms with Crippen molar-refractivity contribution < 1.29 is 0 Å². The zero-order chi connectivity index (χ0) is 11.8. The first-order chi connectivity index (χ1) is 8.22. The molecule has 0 aliphatic heterocycles. The van der Waals surface area contributed by atoms with Crippen molar-refractivity contribution in [2.24, 2.45) is 5.73 Å². The lowest BCUT2D eigenvalue weighted by Gasteiger charge is -2.15. The Morgan fingerprint density at radius 1 is 1.29 bits per heavy atom. The minimum Gasteiger partial charge on any atom is -0.327 e. The zero-order valence-electron chi connectivity index (χ0n) is 9.32. The van der Waals surface area contributed by atoms with Crippen molar-refractivity contribution in [3.05, 3.63) is 39.3 Å². The number of fused-ring (bicyclic) bond motifs is 1. The fraction of sp³-hybridized carbons (Fsp3) is 0.308. The SMILES string of the molecule is NC1CCc2nc(-c3ccc(Br)cc3)sc2C1. The van der Waals surface area contributed by atoms with E-state index in [-0.39, 0.29) is 0 Å². The van der Waals surface area contributed by atoms with Gasteiger partial charge in [0.1, 0.15) is 5.01 Å². The quantitative estimate of drug-likeness (QED) is 0.877. The summed E-state index contributed by atoms with van der Waals surface area (Å²) in [4.78, 5) is 6.11. The van der Waals surface area contributed by atoms with Gasteiger partial charge >= 0.3 is 0 Å². The topological polar surface area (TPSA) is 38.9 Å². The summed E-state index contributed by atoms with van der Waals surface area (Å²) in [7, 11) is 0. The largest absolute Gasteiger partial charge is 0.327 e. The molecule has 1 aliphatic carbocycles. The summed E-state index contributed by atoms with van der Waals surface area (Å²) in [5, 5.41) is 1.12. The van der Waals surface area contributed by atoms with Crippen molar-refractivity contribution >= 4 is 27.3 Å². The van der Waals surface area contributed by atoms with Gasteiger partial charge in [0.25, 0.3) is 0 Å². The first-order valence-corrected chi connectivity index (χ1v) is 7.33. The van der Waals surface area contributed by atoms with Crippen molar-refractivity contribution in [2.45, 2.75) is 25.3 Å². The number of benzene rings is 1. The van der Waals surface area contributed by atoms with Crippen molar-refractivity contribution in [1.29, 1.82) is 0 Å². The van der Waals surface area contributed by atoms with Crippen molar-refractivity contribution in [3.8, 4) is 10.6 Å². The van der Waals surface area contributed by atoms with Crippen LogP contribution >= 0.6 is 27.3 Å². The van der Waals surface area contributed by atoms with Crippen molar-refractivity contribution in [3.63, 3.8) is 0 Å². The predicted octanol–water partition coefficient (Wildman–Crippen LogP) is 3.39. The average molecular weight is 309 g/mol. The van der Waals surface area contributed by atoms with E-state index in [4.69, 9.17) is 10.7 Å². The maximum Gasteiger partial charge on any atom is 0.123 e. The highest BCUT2D eigenvalue weighted by molar-refractivity contribution is 9.10. The summed E-state index contributed by atoms with van der Waals surface area (Å²) in [5.41, 5.74) is 8.44. The van der Waals surface area contributed by atoms with Crippen LogP contribution in [-0.4, -0.2) is 11.0 Å². The third-order valence-corrected chi connectivity index (χ3v) is 4.77. The summed E-state index contributed by atoms with van der Waals surface area (Å²) < 4.78 is 1.10. The van der Waals surface area contributed by atoms with E-state index in [1.54, 1.807) is 11.3 Å². The lowest BCUT2D eigenvalue weighted by molar-refractivity contribution is 0.576. The number of aromatic nitrogens is 1. The van der Waals surface area contributed by atoms with Gasteiger partial charge in [-0.05, 0) is 31.4 Å². The molecular formula is C13H13BrN2S. The second-order valence-corrected chi connectivity index (χ2v) is 6.40. The molecule has 2 aromatic rings. The van der Waals surface area contributed by atoms with Gasteiger partial charge in [-0.3, -0.25) is 0 Å². The second-order valence-electron chi connectivity index (χ2n) is 4.40. The van der Waals surface area contributed by atoms with Crippen LogP contribution in [0.2, 0.25) is 0 Å².